The normalized spacial score (nSPS) is 26.1. The molecule has 6 heteroatoms. The molecule has 2 fully saturated rings. The van der Waals surface area contributed by atoms with Crippen LogP contribution in [0.15, 0.2) is 29.2 Å². The summed E-state index contributed by atoms with van der Waals surface area (Å²) in [5.41, 5.74) is 6.78. The molecule has 2 N–H and O–H groups in total. The maximum atomic E-state index is 13.5. The van der Waals surface area contributed by atoms with Gasteiger partial charge < -0.3 is 10.6 Å². The molecule has 5 nitrogen and oxygen atoms in total. The summed E-state index contributed by atoms with van der Waals surface area (Å²) in [4.78, 5) is 15.5. The van der Waals surface area contributed by atoms with Crippen molar-refractivity contribution in [1.29, 1.82) is 0 Å². The maximum Gasteiger partial charge on any atom is 0.244 e. The molecule has 1 saturated heterocycles. The molecule has 1 aromatic rings. The summed E-state index contributed by atoms with van der Waals surface area (Å²) in [6.07, 6.45) is 3.23. The van der Waals surface area contributed by atoms with E-state index in [0.717, 1.165) is 24.8 Å². The lowest BCUT2D eigenvalue weighted by molar-refractivity contribution is -0.134. The molecule has 1 heterocycles. The van der Waals surface area contributed by atoms with Crippen LogP contribution in [0.5, 0.6) is 0 Å². The van der Waals surface area contributed by atoms with E-state index >= 15 is 0 Å². The van der Waals surface area contributed by atoms with Crippen molar-refractivity contribution >= 4 is 15.7 Å². The van der Waals surface area contributed by atoms with Crippen LogP contribution in [0.25, 0.3) is 0 Å². The Morgan fingerprint density at radius 3 is 2.36 bits per heavy atom. The van der Waals surface area contributed by atoms with Crippen molar-refractivity contribution in [2.45, 2.75) is 61.6 Å². The van der Waals surface area contributed by atoms with Gasteiger partial charge in [-0.25, -0.2) is 8.42 Å². The number of aryl methyl sites for hydroxylation is 1. The van der Waals surface area contributed by atoms with Gasteiger partial charge in [0.25, 0.3) is 0 Å². The Bertz CT molecular complexity index is 736. The first-order chi connectivity index (χ1) is 11.8. The van der Waals surface area contributed by atoms with Gasteiger partial charge in [-0.05, 0) is 57.7 Å². The topological polar surface area (TPSA) is 80.5 Å². The van der Waals surface area contributed by atoms with Gasteiger partial charge in [-0.2, -0.15) is 0 Å². The standard InChI is InChI=1S/C19H28N2O3S/c1-14-5-7-17(8-6-14)25(23,24)19(9-3-4-10-19)18(22)21-13-16(12-20)11-15(21)2/h5-8,15-16H,3-4,9-13,20H2,1-2H3. The number of hydrogen-bond donors (Lipinski definition) is 1. The third-order valence-corrected chi connectivity index (χ3v) is 8.41. The first kappa shape index (κ1) is 18.4. The minimum absolute atomic E-state index is 0.0479. The Balaban J connectivity index is 1.99. The number of amides is 1. The largest absolute Gasteiger partial charge is 0.338 e. The first-order valence-electron chi connectivity index (χ1n) is 9.14. The van der Waals surface area contributed by atoms with Gasteiger partial charge in [0, 0.05) is 12.6 Å². The number of nitrogens with two attached hydrogens (primary N) is 1. The summed E-state index contributed by atoms with van der Waals surface area (Å²) < 4.78 is 25.6. The van der Waals surface area contributed by atoms with Crippen molar-refractivity contribution in [3.63, 3.8) is 0 Å². The van der Waals surface area contributed by atoms with Gasteiger partial charge in [-0.15, -0.1) is 0 Å². The second-order valence-corrected chi connectivity index (χ2v) is 9.92. The SMILES string of the molecule is Cc1ccc(S(=O)(=O)C2(C(=O)N3CC(CN)CC3C)CCCC2)cc1. The van der Waals surface area contributed by atoms with Crippen LogP contribution in [0.3, 0.4) is 0 Å². The zero-order valence-electron chi connectivity index (χ0n) is 15.1. The van der Waals surface area contributed by atoms with Crippen LogP contribution in [0.2, 0.25) is 0 Å². The van der Waals surface area contributed by atoms with Crippen molar-refractivity contribution in [1.82, 2.24) is 4.90 Å². The van der Waals surface area contributed by atoms with E-state index < -0.39 is 14.6 Å². The van der Waals surface area contributed by atoms with Gasteiger partial charge in [0.15, 0.2) is 14.6 Å². The average Bonchev–Trinajstić information content (AvgIpc) is 3.22. The van der Waals surface area contributed by atoms with Crippen LogP contribution in [0, 0.1) is 12.8 Å². The highest BCUT2D eigenvalue weighted by Gasteiger charge is 2.55. The number of carbonyl (C=O) groups excluding carboxylic acids is 1. The fourth-order valence-electron chi connectivity index (χ4n) is 4.34. The minimum Gasteiger partial charge on any atom is -0.338 e. The smallest absolute Gasteiger partial charge is 0.244 e. The fourth-order valence-corrected chi connectivity index (χ4v) is 6.46. The highest BCUT2D eigenvalue weighted by molar-refractivity contribution is 7.93. The van der Waals surface area contributed by atoms with Crippen molar-refractivity contribution in [3.05, 3.63) is 29.8 Å². The van der Waals surface area contributed by atoms with Crippen LogP contribution in [-0.4, -0.2) is 43.1 Å². The molecule has 1 saturated carbocycles. The van der Waals surface area contributed by atoms with E-state index in [1.807, 2.05) is 13.8 Å². The molecule has 0 aromatic heterocycles. The predicted molar refractivity (Wildman–Crippen MR) is 97.9 cm³/mol. The summed E-state index contributed by atoms with van der Waals surface area (Å²) in [5.74, 6) is 0.0495. The van der Waals surface area contributed by atoms with Crippen LogP contribution >= 0.6 is 0 Å². The summed E-state index contributed by atoms with van der Waals surface area (Å²) in [7, 11) is -3.72. The van der Waals surface area contributed by atoms with E-state index in [0.29, 0.717) is 25.9 Å². The third kappa shape index (κ3) is 2.99. The number of carbonyl (C=O) groups is 1. The molecule has 1 amide bonds. The molecular weight excluding hydrogens is 336 g/mol. The van der Waals surface area contributed by atoms with Gasteiger partial charge in [-0.1, -0.05) is 30.5 Å². The van der Waals surface area contributed by atoms with E-state index in [-0.39, 0.29) is 22.8 Å². The lowest BCUT2D eigenvalue weighted by Gasteiger charge is -2.34. The van der Waals surface area contributed by atoms with Crippen LogP contribution in [-0.2, 0) is 14.6 Å². The van der Waals surface area contributed by atoms with Crippen LogP contribution in [0.1, 0.15) is 44.6 Å². The average molecular weight is 365 g/mol. The molecule has 1 aliphatic heterocycles. The highest BCUT2D eigenvalue weighted by atomic mass is 32.2. The molecule has 1 aliphatic carbocycles. The Morgan fingerprint density at radius 2 is 1.84 bits per heavy atom. The van der Waals surface area contributed by atoms with Crippen LogP contribution in [0.4, 0.5) is 0 Å². The summed E-state index contributed by atoms with van der Waals surface area (Å²) in [5, 5.41) is 0. The van der Waals surface area contributed by atoms with Gasteiger partial charge in [-0.3, -0.25) is 4.79 Å². The number of benzene rings is 1. The summed E-state index contributed by atoms with van der Waals surface area (Å²) >= 11 is 0. The lowest BCUT2D eigenvalue weighted by Crippen LogP contribution is -2.53. The van der Waals surface area contributed by atoms with Crippen molar-refractivity contribution in [2.24, 2.45) is 11.7 Å². The molecular formula is C19H28N2O3S. The predicted octanol–water partition coefficient (Wildman–Crippen LogP) is 2.28. The third-order valence-electron chi connectivity index (χ3n) is 5.90. The number of nitrogens with zero attached hydrogens (tertiary/aromatic N) is 1. The minimum atomic E-state index is -3.72. The second kappa shape index (κ2) is 6.72. The maximum absolute atomic E-state index is 13.5. The second-order valence-electron chi connectivity index (χ2n) is 7.66. The fraction of sp³-hybridized carbons (Fsp3) is 0.632. The molecule has 0 radical (unpaired) electrons. The first-order valence-corrected chi connectivity index (χ1v) is 10.6. The Hall–Kier alpha value is -1.40. The van der Waals surface area contributed by atoms with Crippen molar-refractivity contribution in [2.75, 3.05) is 13.1 Å². The Kier molecular flexibility index (Phi) is 4.95. The molecule has 1 aromatic carbocycles. The molecule has 2 unspecified atom stereocenters. The van der Waals surface area contributed by atoms with Gasteiger partial charge in [0.05, 0.1) is 4.90 Å². The van der Waals surface area contributed by atoms with Crippen LogP contribution < -0.4 is 5.73 Å². The van der Waals surface area contributed by atoms with Gasteiger partial charge in [0.2, 0.25) is 5.91 Å². The highest BCUT2D eigenvalue weighted by Crippen LogP contribution is 2.43. The van der Waals surface area contributed by atoms with Crippen molar-refractivity contribution in [3.8, 4) is 0 Å². The Morgan fingerprint density at radius 1 is 1.24 bits per heavy atom. The van der Waals surface area contributed by atoms with E-state index in [4.69, 9.17) is 5.73 Å². The quantitative estimate of drug-likeness (QED) is 0.889. The number of sulfone groups is 1. The number of likely N-dealkylation sites (tertiary alicyclic amines) is 1. The van der Waals surface area contributed by atoms with E-state index in [1.54, 1.807) is 29.2 Å². The Labute approximate surface area is 150 Å². The van der Waals surface area contributed by atoms with E-state index in [1.165, 1.54) is 0 Å². The monoisotopic (exact) mass is 364 g/mol. The van der Waals surface area contributed by atoms with Gasteiger partial charge in [0.1, 0.15) is 0 Å². The molecule has 138 valence electrons. The summed E-state index contributed by atoms with van der Waals surface area (Å²) in [6.45, 7) is 5.02. The van der Waals surface area contributed by atoms with E-state index in [9.17, 15) is 13.2 Å². The molecule has 2 aliphatic rings. The van der Waals surface area contributed by atoms with Crippen molar-refractivity contribution < 1.29 is 13.2 Å². The molecule has 25 heavy (non-hydrogen) atoms. The lowest BCUT2D eigenvalue weighted by atomic mass is 10.0. The number of rotatable bonds is 4. The molecule has 3 rings (SSSR count). The number of hydrogen-bond acceptors (Lipinski definition) is 4. The van der Waals surface area contributed by atoms with Gasteiger partial charge >= 0.3 is 0 Å². The summed E-state index contributed by atoms with van der Waals surface area (Å²) in [6, 6.07) is 6.90. The zero-order valence-corrected chi connectivity index (χ0v) is 15.9. The van der Waals surface area contributed by atoms with E-state index in [2.05, 4.69) is 0 Å². The molecule has 0 bridgehead atoms. The molecule has 2 atom stereocenters. The molecule has 0 spiro atoms. The zero-order chi connectivity index (χ0) is 18.2.